The maximum Gasteiger partial charge on any atom is 0.203 e. The summed E-state index contributed by atoms with van der Waals surface area (Å²) >= 11 is 0. The Morgan fingerprint density at radius 1 is 0.556 bits per heavy atom. The Morgan fingerprint density at radius 3 is 1.11 bits per heavy atom. The van der Waals surface area contributed by atoms with Crippen LogP contribution < -0.4 is 28.4 Å². The van der Waals surface area contributed by atoms with E-state index in [-0.39, 0.29) is 0 Å². The number of unbranched alkanes of at least 4 members (excludes halogenated alkanes) is 3. The fourth-order valence-corrected chi connectivity index (χ4v) is 3.45. The van der Waals surface area contributed by atoms with Gasteiger partial charge in [-0.05, 0) is 37.1 Å². The maximum atomic E-state index is 10.4. The van der Waals surface area contributed by atoms with Crippen LogP contribution in [-0.2, 0) is 0 Å². The van der Waals surface area contributed by atoms with Crippen LogP contribution in [-0.4, -0.2) is 52.9 Å². The van der Waals surface area contributed by atoms with Gasteiger partial charge in [-0.25, -0.2) is 0 Å². The molecule has 0 saturated heterocycles. The van der Waals surface area contributed by atoms with E-state index in [4.69, 9.17) is 28.4 Å². The average Bonchev–Trinajstić information content (AvgIpc) is 2.92. The van der Waals surface area contributed by atoms with E-state index in [1.165, 1.54) is 42.7 Å². The third kappa shape index (κ3) is 7.39. The zero-order valence-corrected chi connectivity index (χ0v) is 21.6. The van der Waals surface area contributed by atoms with E-state index in [2.05, 4.69) is 23.7 Å². The number of benzene rings is 2. The zero-order valence-electron chi connectivity index (χ0n) is 21.6. The van der Waals surface area contributed by atoms with Crippen LogP contribution in [0.25, 0.3) is 0 Å². The molecule has 0 heterocycles. The van der Waals surface area contributed by atoms with Crippen molar-refractivity contribution in [2.24, 2.45) is 0 Å². The Hall–Kier alpha value is -3.72. The molecule has 0 fully saturated rings. The van der Waals surface area contributed by atoms with Crippen LogP contribution in [0, 0.1) is 23.7 Å². The van der Waals surface area contributed by atoms with E-state index < -0.39 is 12.2 Å². The number of hydrogen-bond acceptors (Lipinski definition) is 8. The first-order valence-electron chi connectivity index (χ1n) is 11.4. The largest absolute Gasteiger partial charge is 0.493 e. The Morgan fingerprint density at radius 2 is 0.861 bits per heavy atom. The van der Waals surface area contributed by atoms with Crippen molar-refractivity contribution in [3.05, 3.63) is 35.4 Å². The third-order valence-electron chi connectivity index (χ3n) is 5.34. The second-order valence-electron chi connectivity index (χ2n) is 7.57. The van der Waals surface area contributed by atoms with Crippen LogP contribution in [0.1, 0.15) is 49.0 Å². The predicted molar refractivity (Wildman–Crippen MR) is 136 cm³/mol. The van der Waals surface area contributed by atoms with Crippen molar-refractivity contribution in [1.29, 1.82) is 0 Å². The maximum absolute atomic E-state index is 10.4. The molecular formula is C28H34O8. The first-order valence-corrected chi connectivity index (χ1v) is 11.4. The molecule has 0 spiro atoms. The molecule has 0 aromatic heterocycles. The van der Waals surface area contributed by atoms with Crippen molar-refractivity contribution in [2.75, 3.05) is 42.7 Å². The highest BCUT2D eigenvalue weighted by Gasteiger charge is 2.17. The molecule has 0 bridgehead atoms. The molecule has 0 aliphatic heterocycles. The van der Waals surface area contributed by atoms with Gasteiger partial charge in [-0.1, -0.05) is 11.8 Å². The molecule has 0 aliphatic rings. The molecular weight excluding hydrogens is 464 g/mol. The number of aliphatic hydroxyl groups excluding tert-OH is 2. The zero-order chi connectivity index (χ0) is 26.5. The molecule has 0 aliphatic carbocycles. The van der Waals surface area contributed by atoms with Gasteiger partial charge in [0.25, 0.3) is 0 Å². The van der Waals surface area contributed by atoms with Crippen LogP contribution >= 0.6 is 0 Å². The molecule has 8 heteroatoms. The SMILES string of the molecule is COc1cc(C(O)C#CCCCCC#CC(O)c2cc(OC)c(OC)c(OC)c2)cc(OC)c1OC. The number of ether oxygens (including phenoxy) is 6. The first kappa shape index (κ1) is 28.5. The quantitative estimate of drug-likeness (QED) is 0.354. The number of aliphatic hydroxyl groups is 2. The van der Waals surface area contributed by atoms with Crippen LogP contribution in [0.2, 0.25) is 0 Å². The van der Waals surface area contributed by atoms with Gasteiger partial charge in [-0.2, -0.15) is 0 Å². The summed E-state index contributed by atoms with van der Waals surface area (Å²) < 4.78 is 31.9. The second-order valence-corrected chi connectivity index (χ2v) is 7.57. The van der Waals surface area contributed by atoms with Crippen molar-refractivity contribution in [3.8, 4) is 58.2 Å². The van der Waals surface area contributed by atoms with E-state index >= 15 is 0 Å². The van der Waals surface area contributed by atoms with Crippen LogP contribution in [0.15, 0.2) is 24.3 Å². The van der Waals surface area contributed by atoms with Crippen LogP contribution in [0.3, 0.4) is 0 Å². The summed E-state index contributed by atoms with van der Waals surface area (Å²) in [7, 11) is 9.12. The van der Waals surface area contributed by atoms with Gasteiger partial charge in [-0.15, -0.1) is 11.8 Å². The van der Waals surface area contributed by atoms with Crippen LogP contribution in [0.5, 0.6) is 34.5 Å². The topological polar surface area (TPSA) is 95.8 Å². The van der Waals surface area contributed by atoms with Gasteiger partial charge in [0.05, 0.1) is 42.7 Å². The molecule has 8 nitrogen and oxygen atoms in total. The molecule has 2 unspecified atom stereocenters. The van der Waals surface area contributed by atoms with Gasteiger partial charge in [0.15, 0.2) is 23.0 Å². The molecule has 194 valence electrons. The molecule has 2 N–H and O–H groups in total. The summed E-state index contributed by atoms with van der Waals surface area (Å²) in [6.45, 7) is 0. The fourth-order valence-electron chi connectivity index (χ4n) is 3.45. The van der Waals surface area contributed by atoms with E-state index in [0.717, 1.165) is 12.8 Å². The Balaban J connectivity index is 1.89. The van der Waals surface area contributed by atoms with Gasteiger partial charge >= 0.3 is 0 Å². The molecule has 0 saturated carbocycles. The number of hydrogen-bond donors (Lipinski definition) is 2. The fraction of sp³-hybridized carbons (Fsp3) is 0.429. The van der Waals surface area contributed by atoms with Gasteiger partial charge in [0.2, 0.25) is 11.5 Å². The Kier molecular flexibility index (Phi) is 11.6. The number of rotatable bonds is 11. The highest BCUT2D eigenvalue weighted by Crippen LogP contribution is 2.40. The minimum Gasteiger partial charge on any atom is -0.493 e. The lowest BCUT2D eigenvalue weighted by Gasteiger charge is -2.14. The van der Waals surface area contributed by atoms with Crippen LogP contribution in [0.4, 0.5) is 0 Å². The summed E-state index contributed by atoms with van der Waals surface area (Å²) in [5.74, 6) is 14.4. The van der Waals surface area contributed by atoms with Crippen molar-refractivity contribution < 1.29 is 38.6 Å². The Labute approximate surface area is 213 Å². The minimum absolute atomic E-state index is 0.458. The lowest BCUT2D eigenvalue weighted by atomic mass is 10.1. The molecule has 36 heavy (non-hydrogen) atoms. The summed E-state index contributed by atoms with van der Waals surface area (Å²) in [4.78, 5) is 0. The lowest BCUT2D eigenvalue weighted by molar-refractivity contribution is 0.235. The summed E-state index contributed by atoms with van der Waals surface area (Å²) in [6.07, 6.45) is 0.879. The molecule has 2 aromatic rings. The van der Waals surface area contributed by atoms with E-state index in [9.17, 15) is 10.2 Å². The highest BCUT2D eigenvalue weighted by molar-refractivity contribution is 5.55. The minimum atomic E-state index is -0.980. The van der Waals surface area contributed by atoms with Crippen molar-refractivity contribution in [2.45, 2.75) is 37.9 Å². The van der Waals surface area contributed by atoms with E-state index in [0.29, 0.717) is 58.5 Å². The molecule has 0 radical (unpaired) electrons. The van der Waals surface area contributed by atoms with Gasteiger partial charge in [0.1, 0.15) is 12.2 Å². The Bertz CT molecular complexity index is 980. The monoisotopic (exact) mass is 498 g/mol. The summed E-state index contributed by atoms with van der Waals surface area (Å²) in [5, 5.41) is 20.9. The highest BCUT2D eigenvalue weighted by atomic mass is 16.5. The first-order chi connectivity index (χ1) is 17.4. The van der Waals surface area contributed by atoms with Crippen molar-refractivity contribution in [3.63, 3.8) is 0 Å². The summed E-state index contributed by atoms with van der Waals surface area (Å²) in [6, 6.07) is 6.70. The third-order valence-corrected chi connectivity index (χ3v) is 5.34. The van der Waals surface area contributed by atoms with Crippen molar-refractivity contribution >= 4 is 0 Å². The molecule has 0 amide bonds. The molecule has 2 rings (SSSR count). The standard InChI is InChI=1S/C28H34O8/c1-31-23-15-19(16-24(32-2)27(23)35-5)21(29)13-11-9-7-8-10-12-14-22(30)20-17-25(33-3)28(36-6)26(18-20)34-4/h15-18,21-22,29-30H,7-10H2,1-6H3. The van der Waals surface area contributed by atoms with E-state index in [1.54, 1.807) is 24.3 Å². The van der Waals surface area contributed by atoms with E-state index in [1.807, 2.05) is 0 Å². The van der Waals surface area contributed by atoms with Gasteiger partial charge in [0, 0.05) is 24.0 Å². The predicted octanol–water partition coefficient (Wildman–Crippen LogP) is 4.07. The normalized spacial score (nSPS) is 11.7. The average molecular weight is 499 g/mol. The molecule has 2 atom stereocenters. The smallest absolute Gasteiger partial charge is 0.203 e. The summed E-state index contributed by atoms with van der Waals surface area (Å²) in [5.41, 5.74) is 1.12. The lowest BCUT2D eigenvalue weighted by Crippen LogP contribution is -2.00. The molecule has 2 aromatic carbocycles. The number of methoxy groups -OCH3 is 6. The second kappa shape index (κ2) is 14.6. The van der Waals surface area contributed by atoms with Crippen molar-refractivity contribution in [1.82, 2.24) is 0 Å². The van der Waals surface area contributed by atoms with Gasteiger partial charge in [-0.3, -0.25) is 0 Å². The van der Waals surface area contributed by atoms with Gasteiger partial charge < -0.3 is 38.6 Å².